The van der Waals surface area contributed by atoms with E-state index in [4.69, 9.17) is 0 Å². The van der Waals surface area contributed by atoms with Crippen molar-refractivity contribution in [2.45, 2.75) is 19.9 Å². The quantitative estimate of drug-likeness (QED) is 0.773. The molecule has 0 unspecified atom stereocenters. The Balaban J connectivity index is 1.77. The molecule has 0 bridgehead atoms. The predicted octanol–water partition coefficient (Wildman–Crippen LogP) is 3.84. The van der Waals surface area contributed by atoms with Crippen molar-refractivity contribution in [2.75, 3.05) is 5.32 Å². The molecular formula is C18H18N2O. The van der Waals surface area contributed by atoms with Gasteiger partial charge in [0.25, 0.3) is 0 Å². The molecule has 0 atom stereocenters. The molecule has 1 aromatic heterocycles. The Morgan fingerprint density at radius 1 is 1.10 bits per heavy atom. The maximum absolute atomic E-state index is 12.1. The Labute approximate surface area is 124 Å². The lowest BCUT2D eigenvalue weighted by atomic mass is 10.1. The minimum Gasteiger partial charge on any atom is -0.338 e. The highest BCUT2D eigenvalue weighted by atomic mass is 16.1. The summed E-state index contributed by atoms with van der Waals surface area (Å²) in [5.74, 6) is -0.0155. The number of nitrogens with one attached hydrogen (secondary N) is 1. The van der Waals surface area contributed by atoms with Gasteiger partial charge in [0.05, 0.1) is 0 Å². The lowest BCUT2D eigenvalue weighted by Gasteiger charge is -2.07. The van der Waals surface area contributed by atoms with E-state index in [1.165, 1.54) is 10.9 Å². The largest absolute Gasteiger partial charge is 0.338 e. The summed E-state index contributed by atoms with van der Waals surface area (Å²) < 4.78 is 1.98. The molecular weight excluding hydrogens is 260 g/mol. The number of aryl methyl sites for hydroxylation is 1. The summed E-state index contributed by atoms with van der Waals surface area (Å²) in [7, 11) is 0. The second kappa shape index (κ2) is 5.83. The molecule has 3 nitrogen and oxygen atoms in total. The summed E-state index contributed by atoms with van der Waals surface area (Å²) >= 11 is 0. The third-order valence-corrected chi connectivity index (χ3v) is 3.62. The van der Waals surface area contributed by atoms with Crippen LogP contribution < -0.4 is 5.32 Å². The fraction of sp³-hybridized carbons (Fsp3) is 0.167. The molecule has 0 spiro atoms. The van der Waals surface area contributed by atoms with Crippen molar-refractivity contribution in [1.82, 2.24) is 4.57 Å². The fourth-order valence-corrected chi connectivity index (χ4v) is 2.48. The number of carbonyl (C=O) groups is 1. The molecule has 3 heteroatoms. The molecule has 1 heterocycles. The molecule has 1 amide bonds. The zero-order valence-corrected chi connectivity index (χ0v) is 12.0. The standard InChI is InChI=1S/C18H18N2O/c1-2-14-8-9-17-15(12-14)10-11-20(17)13-18(21)19-16-6-4-3-5-7-16/h3-12H,2,13H2,1H3,(H,19,21). The van der Waals surface area contributed by atoms with Crippen molar-refractivity contribution in [2.24, 2.45) is 0 Å². The molecule has 0 saturated carbocycles. The summed E-state index contributed by atoms with van der Waals surface area (Å²) in [6, 6.07) is 18.0. The normalized spacial score (nSPS) is 10.7. The summed E-state index contributed by atoms with van der Waals surface area (Å²) in [5.41, 5.74) is 3.23. The van der Waals surface area contributed by atoms with Gasteiger partial charge < -0.3 is 9.88 Å². The van der Waals surface area contributed by atoms with Gasteiger partial charge >= 0.3 is 0 Å². The van der Waals surface area contributed by atoms with Crippen molar-refractivity contribution < 1.29 is 4.79 Å². The molecule has 0 radical (unpaired) electrons. The van der Waals surface area contributed by atoms with Crippen LogP contribution in [-0.2, 0) is 17.8 Å². The van der Waals surface area contributed by atoms with Crippen LogP contribution in [0.1, 0.15) is 12.5 Å². The van der Waals surface area contributed by atoms with Gasteiger partial charge in [-0.15, -0.1) is 0 Å². The third-order valence-electron chi connectivity index (χ3n) is 3.62. The number of aromatic nitrogens is 1. The first-order valence-electron chi connectivity index (χ1n) is 7.19. The number of carbonyl (C=O) groups excluding carboxylic acids is 1. The lowest BCUT2D eigenvalue weighted by Crippen LogP contribution is -2.18. The SMILES string of the molecule is CCc1ccc2c(ccn2CC(=O)Nc2ccccc2)c1. The van der Waals surface area contributed by atoms with E-state index in [-0.39, 0.29) is 5.91 Å². The van der Waals surface area contributed by atoms with Crippen LogP contribution in [0, 0.1) is 0 Å². The summed E-state index contributed by atoms with van der Waals surface area (Å²) in [5, 5.41) is 4.09. The van der Waals surface area contributed by atoms with E-state index in [0.717, 1.165) is 17.6 Å². The molecule has 2 aromatic carbocycles. The first-order valence-corrected chi connectivity index (χ1v) is 7.19. The highest BCUT2D eigenvalue weighted by molar-refractivity contribution is 5.92. The van der Waals surface area contributed by atoms with Crippen LogP contribution in [0.4, 0.5) is 5.69 Å². The van der Waals surface area contributed by atoms with Crippen LogP contribution in [0.5, 0.6) is 0 Å². The zero-order valence-electron chi connectivity index (χ0n) is 12.0. The van der Waals surface area contributed by atoms with Crippen LogP contribution in [0.3, 0.4) is 0 Å². The number of anilines is 1. The molecule has 0 aliphatic carbocycles. The molecule has 3 aromatic rings. The second-order valence-electron chi connectivity index (χ2n) is 5.10. The summed E-state index contributed by atoms with van der Waals surface area (Å²) in [6.07, 6.45) is 2.99. The van der Waals surface area contributed by atoms with E-state index < -0.39 is 0 Å². The Hall–Kier alpha value is -2.55. The molecule has 1 N–H and O–H groups in total. The average molecular weight is 278 g/mol. The summed E-state index contributed by atoms with van der Waals surface area (Å²) in [4.78, 5) is 12.1. The minimum absolute atomic E-state index is 0.0155. The van der Waals surface area contributed by atoms with Crippen LogP contribution in [0.15, 0.2) is 60.8 Å². The van der Waals surface area contributed by atoms with Crippen LogP contribution in [0.25, 0.3) is 10.9 Å². The third kappa shape index (κ3) is 2.97. The highest BCUT2D eigenvalue weighted by Gasteiger charge is 2.07. The maximum atomic E-state index is 12.1. The molecule has 0 fully saturated rings. The Kier molecular flexibility index (Phi) is 3.73. The smallest absolute Gasteiger partial charge is 0.244 e. The first-order chi connectivity index (χ1) is 10.3. The van der Waals surface area contributed by atoms with E-state index in [0.29, 0.717) is 6.54 Å². The minimum atomic E-state index is -0.0155. The van der Waals surface area contributed by atoms with Crippen LogP contribution in [-0.4, -0.2) is 10.5 Å². The van der Waals surface area contributed by atoms with Crippen molar-refractivity contribution in [3.63, 3.8) is 0 Å². The number of nitrogens with zero attached hydrogens (tertiary/aromatic N) is 1. The van der Waals surface area contributed by atoms with Gasteiger partial charge in [-0.05, 0) is 47.7 Å². The van der Waals surface area contributed by atoms with E-state index in [1.54, 1.807) is 0 Å². The maximum Gasteiger partial charge on any atom is 0.244 e. The van der Waals surface area contributed by atoms with Gasteiger partial charge in [-0.1, -0.05) is 31.2 Å². The zero-order chi connectivity index (χ0) is 14.7. The van der Waals surface area contributed by atoms with Gasteiger partial charge in [0, 0.05) is 17.4 Å². The van der Waals surface area contributed by atoms with Crippen LogP contribution in [0.2, 0.25) is 0 Å². The topological polar surface area (TPSA) is 34.0 Å². The van der Waals surface area contributed by atoms with Gasteiger partial charge in [-0.3, -0.25) is 4.79 Å². The number of para-hydroxylation sites is 1. The van der Waals surface area contributed by atoms with E-state index >= 15 is 0 Å². The number of hydrogen-bond donors (Lipinski definition) is 1. The first kappa shape index (κ1) is 13.4. The van der Waals surface area contributed by atoms with Gasteiger partial charge in [0.15, 0.2) is 0 Å². The van der Waals surface area contributed by atoms with Crippen molar-refractivity contribution in [3.8, 4) is 0 Å². The monoisotopic (exact) mass is 278 g/mol. The number of benzene rings is 2. The van der Waals surface area contributed by atoms with E-state index in [2.05, 4.69) is 36.5 Å². The highest BCUT2D eigenvalue weighted by Crippen LogP contribution is 2.18. The van der Waals surface area contributed by atoms with Gasteiger partial charge in [0.2, 0.25) is 5.91 Å². The lowest BCUT2D eigenvalue weighted by molar-refractivity contribution is -0.116. The number of hydrogen-bond acceptors (Lipinski definition) is 1. The molecule has 0 saturated heterocycles. The van der Waals surface area contributed by atoms with Gasteiger partial charge in [-0.2, -0.15) is 0 Å². The van der Waals surface area contributed by atoms with Crippen LogP contribution >= 0.6 is 0 Å². The molecule has 106 valence electrons. The van der Waals surface area contributed by atoms with E-state index in [9.17, 15) is 4.79 Å². The van der Waals surface area contributed by atoms with Gasteiger partial charge in [0.1, 0.15) is 6.54 Å². The number of rotatable bonds is 4. The Morgan fingerprint density at radius 2 is 1.90 bits per heavy atom. The number of fused-ring (bicyclic) bond motifs is 1. The molecule has 21 heavy (non-hydrogen) atoms. The predicted molar refractivity (Wildman–Crippen MR) is 86.4 cm³/mol. The summed E-state index contributed by atoms with van der Waals surface area (Å²) in [6.45, 7) is 2.47. The Morgan fingerprint density at radius 3 is 2.67 bits per heavy atom. The average Bonchev–Trinajstić information content (AvgIpc) is 2.90. The Bertz CT molecular complexity index is 759. The van der Waals surface area contributed by atoms with Crippen molar-refractivity contribution in [3.05, 3.63) is 66.4 Å². The molecule has 3 rings (SSSR count). The van der Waals surface area contributed by atoms with Gasteiger partial charge in [-0.25, -0.2) is 0 Å². The fourth-order valence-electron chi connectivity index (χ4n) is 2.48. The molecule has 0 aliphatic rings. The van der Waals surface area contributed by atoms with Crippen molar-refractivity contribution in [1.29, 1.82) is 0 Å². The van der Waals surface area contributed by atoms with Crippen molar-refractivity contribution >= 4 is 22.5 Å². The molecule has 0 aliphatic heterocycles. The van der Waals surface area contributed by atoms with E-state index in [1.807, 2.05) is 41.1 Å². The number of amides is 1. The second-order valence-corrected chi connectivity index (χ2v) is 5.10.